The normalized spacial score (nSPS) is 10.9. The Labute approximate surface area is 169 Å². The minimum absolute atomic E-state index is 0.0469. The number of nitrogens with zero attached hydrogens (tertiary/aromatic N) is 5. The van der Waals surface area contributed by atoms with Crippen LogP contribution in [0, 0.1) is 0 Å². The molecule has 0 bridgehead atoms. The van der Waals surface area contributed by atoms with Gasteiger partial charge >= 0.3 is 6.09 Å². The zero-order chi connectivity index (χ0) is 20.8. The van der Waals surface area contributed by atoms with Crippen LogP contribution in [0.2, 0.25) is 0 Å². The lowest BCUT2D eigenvalue weighted by Crippen LogP contribution is -2.40. The highest BCUT2D eigenvalue weighted by Crippen LogP contribution is 2.29. The maximum absolute atomic E-state index is 12.1. The topological polar surface area (TPSA) is 93.9 Å². The maximum Gasteiger partial charge on any atom is 0.410 e. The highest BCUT2D eigenvalue weighted by molar-refractivity contribution is 5.69. The van der Waals surface area contributed by atoms with Gasteiger partial charge in [0.15, 0.2) is 5.65 Å². The first kappa shape index (κ1) is 20.4. The lowest BCUT2D eigenvalue weighted by Gasteiger charge is -2.25. The third-order valence-electron chi connectivity index (χ3n) is 4.43. The molecule has 0 fully saturated rings. The van der Waals surface area contributed by atoms with E-state index in [2.05, 4.69) is 20.4 Å². The van der Waals surface area contributed by atoms with E-state index in [0.717, 1.165) is 16.9 Å². The summed E-state index contributed by atoms with van der Waals surface area (Å²) in [6.07, 6.45) is 4.81. The van der Waals surface area contributed by atoms with E-state index in [4.69, 9.17) is 9.47 Å². The van der Waals surface area contributed by atoms with Gasteiger partial charge in [0.2, 0.25) is 0 Å². The smallest absolute Gasteiger partial charge is 0.410 e. The van der Waals surface area contributed by atoms with Crippen LogP contribution in [0.15, 0.2) is 36.8 Å². The number of methoxy groups -OCH3 is 1. The van der Waals surface area contributed by atoms with Crippen LogP contribution < -0.4 is 10.1 Å². The van der Waals surface area contributed by atoms with E-state index in [-0.39, 0.29) is 12.1 Å². The first-order valence-corrected chi connectivity index (χ1v) is 9.55. The summed E-state index contributed by atoms with van der Waals surface area (Å²) >= 11 is 0. The number of carbonyl (C=O) groups excluding carboxylic acids is 1. The summed E-state index contributed by atoms with van der Waals surface area (Å²) in [5.74, 6) is 1.33. The Bertz CT molecular complexity index is 972. The number of hydrogen-bond donors (Lipinski definition) is 1. The Balaban J connectivity index is 1.77. The van der Waals surface area contributed by atoms with Gasteiger partial charge < -0.3 is 19.7 Å². The molecule has 1 amide bonds. The zero-order valence-electron chi connectivity index (χ0n) is 17.1. The van der Waals surface area contributed by atoms with Crippen molar-refractivity contribution in [3.8, 4) is 17.0 Å². The minimum atomic E-state index is -0.311. The third-order valence-corrected chi connectivity index (χ3v) is 4.43. The highest BCUT2D eigenvalue weighted by Gasteiger charge is 2.17. The van der Waals surface area contributed by atoms with E-state index in [1.54, 1.807) is 42.0 Å². The second-order valence-electron chi connectivity index (χ2n) is 6.62. The number of ether oxygens (including phenoxy) is 2. The van der Waals surface area contributed by atoms with Crippen molar-refractivity contribution in [2.45, 2.75) is 26.8 Å². The molecule has 0 radical (unpaired) electrons. The molecule has 0 spiro atoms. The number of carbonyl (C=O) groups is 1. The molecule has 9 nitrogen and oxygen atoms in total. The standard InChI is InChI=1S/C20H26N6O3/c1-5-29-20(27)25(14(2)3)11-10-22-18-6-7-19-23-12-16(26(19)24-18)15-8-9-21-13-17(15)28-4/h6-9,12-14H,5,10-11H2,1-4H3,(H,22,24). The van der Waals surface area contributed by atoms with Gasteiger partial charge in [0.1, 0.15) is 11.6 Å². The molecule has 0 aliphatic rings. The van der Waals surface area contributed by atoms with Crippen LogP contribution in [0.4, 0.5) is 10.6 Å². The van der Waals surface area contributed by atoms with Gasteiger partial charge in [-0.25, -0.2) is 14.3 Å². The highest BCUT2D eigenvalue weighted by atomic mass is 16.6. The van der Waals surface area contributed by atoms with E-state index in [1.807, 2.05) is 32.0 Å². The molecular formula is C20H26N6O3. The molecule has 3 heterocycles. The molecule has 3 rings (SSSR count). The van der Waals surface area contributed by atoms with Gasteiger partial charge in [0.05, 0.1) is 31.8 Å². The van der Waals surface area contributed by atoms with Gasteiger partial charge in [-0.2, -0.15) is 0 Å². The quantitative estimate of drug-likeness (QED) is 0.623. The summed E-state index contributed by atoms with van der Waals surface area (Å²) in [5, 5.41) is 7.91. The maximum atomic E-state index is 12.1. The van der Waals surface area contributed by atoms with Crippen molar-refractivity contribution in [2.75, 3.05) is 32.1 Å². The summed E-state index contributed by atoms with van der Waals surface area (Å²) in [4.78, 5) is 22.2. The van der Waals surface area contributed by atoms with Gasteiger partial charge in [-0.05, 0) is 39.0 Å². The van der Waals surface area contributed by atoms with Gasteiger partial charge in [-0.3, -0.25) is 4.98 Å². The first-order valence-electron chi connectivity index (χ1n) is 9.55. The lowest BCUT2D eigenvalue weighted by molar-refractivity contribution is 0.0978. The fraction of sp³-hybridized carbons (Fsp3) is 0.400. The summed E-state index contributed by atoms with van der Waals surface area (Å²) in [6.45, 7) is 7.12. The fourth-order valence-corrected chi connectivity index (χ4v) is 2.98. The van der Waals surface area contributed by atoms with Crippen molar-refractivity contribution in [1.82, 2.24) is 24.5 Å². The molecule has 154 valence electrons. The van der Waals surface area contributed by atoms with E-state index in [1.165, 1.54) is 0 Å². The molecule has 0 aliphatic carbocycles. The number of pyridine rings is 1. The van der Waals surface area contributed by atoms with Crippen LogP contribution in [0.3, 0.4) is 0 Å². The van der Waals surface area contributed by atoms with E-state index >= 15 is 0 Å². The van der Waals surface area contributed by atoms with Crippen LogP contribution in [0.5, 0.6) is 5.75 Å². The second-order valence-corrected chi connectivity index (χ2v) is 6.62. The predicted molar refractivity (Wildman–Crippen MR) is 110 cm³/mol. The van der Waals surface area contributed by atoms with Crippen LogP contribution in [-0.2, 0) is 4.74 Å². The molecular weight excluding hydrogens is 372 g/mol. The van der Waals surface area contributed by atoms with Crippen molar-refractivity contribution in [3.63, 3.8) is 0 Å². The second kappa shape index (κ2) is 9.22. The summed E-state index contributed by atoms with van der Waals surface area (Å²) in [7, 11) is 1.61. The molecule has 1 N–H and O–H groups in total. The van der Waals surface area contributed by atoms with Crippen molar-refractivity contribution < 1.29 is 14.3 Å². The van der Waals surface area contributed by atoms with E-state index in [0.29, 0.717) is 31.3 Å². The minimum Gasteiger partial charge on any atom is -0.494 e. The Hall–Kier alpha value is -3.36. The van der Waals surface area contributed by atoms with Crippen LogP contribution in [0.25, 0.3) is 16.9 Å². The Morgan fingerprint density at radius 1 is 1.28 bits per heavy atom. The number of rotatable bonds is 8. The van der Waals surface area contributed by atoms with Crippen LogP contribution in [-0.4, -0.2) is 63.4 Å². The number of anilines is 1. The molecule has 29 heavy (non-hydrogen) atoms. The first-order chi connectivity index (χ1) is 14.0. The Morgan fingerprint density at radius 3 is 2.83 bits per heavy atom. The van der Waals surface area contributed by atoms with Crippen LogP contribution in [0.1, 0.15) is 20.8 Å². The number of fused-ring (bicyclic) bond motifs is 1. The molecule has 0 aliphatic heterocycles. The van der Waals surface area contributed by atoms with Gasteiger partial charge in [-0.1, -0.05) is 0 Å². The summed E-state index contributed by atoms with van der Waals surface area (Å²) in [5.41, 5.74) is 2.38. The van der Waals surface area contributed by atoms with E-state index in [9.17, 15) is 4.79 Å². The molecule has 3 aromatic rings. The molecule has 9 heteroatoms. The fourth-order valence-electron chi connectivity index (χ4n) is 2.98. The van der Waals surface area contributed by atoms with Crippen molar-refractivity contribution in [3.05, 3.63) is 36.8 Å². The number of hydrogen-bond acceptors (Lipinski definition) is 7. The summed E-state index contributed by atoms with van der Waals surface area (Å²) < 4.78 is 12.3. The number of nitrogens with one attached hydrogen (secondary N) is 1. The number of aromatic nitrogens is 4. The van der Waals surface area contributed by atoms with Crippen LogP contribution >= 0.6 is 0 Å². The van der Waals surface area contributed by atoms with Gasteiger partial charge in [0.25, 0.3) is 0 Å². The predicted octanol–water partition coefficient (Wildman–Crippen LogP) is 3.08. The SMILES string of the molecule is CCOC(=O)N(CCNc1ccc2ncc(-c3ccncc3OC)n2n1)C(C)C. The number of amides is 1. The van der Waals surface area contributed by atoms with Gasteiger partial charge in [-0.15, -0.1) is 5.10 Å². The zero-order valence-corrected chi connectivity index (χ0v) is 17.1. The monoisotopic (exact) mass is 398 g/mol. The van der Waals surface area contributed by atoms with Crippen molar-refractivity contribution in [2.24, 2.45) is 0 Å². The van der Waals surface area contributed by atoms with Crippen molar-refractivity contribution in [1.29, 1.82) is 0 Å². The molecule has 0 unspecified atom stereocenters. The number of imidazole rings is 1. The molecule has 0 saturated heterocycles. The molecule has 3 aromatic heterocycles. The summed E-state index contributed by atoms with van der Waals surface area (Å²) in [6, 6.07) is 5.66. The van der Waals surface area contributed by atoms with Crippen molar-refractivity contribution >= 4 is 17.6 Å². The lowest BCUT2D eigenvalue weighted by atomic mass is 10.2. The largest absolute Gasteiger partial charge is 0.494 e. The average molecular weight is 398 g/mol. The Kier molecular flexibility index (Phi) is 6.48. The van der Waals surface area contributed by atoms with E-state index < -0.39 is 0 Å². The average Bonchev–Trinajstić information content (AvgIpc) is 3.14. The van der Waals surface area contributed by atoms with Gasteiger partial charge in [0, 0.05) is 30.9 Å². The molecule has 0 atom stereocenters. The molecule has 0 saturated carbocycles. The third kappa shape index (κ3) is 4.56. The Morgan fingerprint density at radius 2 is 2.10 bits per heavy atom. The molecule has 0 aromatic carbocycles.